The van der Waals surface area contributed by atoms with Gasteiger partial charge in [-0.15, -0.1) is 0 Å². The van der Waals surface area contributed by atoms with Gasteiger partial charge in [0, 0.05) is 36.3 Å². The van der Waals surface area contributed by atoms with Crippen LogP contribution in [0.5, 0.6) is 0 Å². The van der Waals surface area contributed by atoms with Crippen LogP contribution < -0.4 is 0 Å². The molecule has 4 nitrogen and oxygen atoms in total. The Bertz CT molecular complexity index is 911. The van der Waals surface area contributed by atoms with Gasteiger partial charge in [-0.05, 0) is 47.7 Å². The number of aliphatic imine (C=N–C) groups is 1. The molecule has 0 atom stereocenters. The van der Waals surface area contributed by atoms with Crippen molar-refractivity contribution >= 4 is 5.71 Å². The highest BCUT2D eigenvalue weighted by Crippen LogP contribution is 2.37. The molecule has 1 aliphatic rings. The first-order chi connectivity index (χ1) is 11.8. The lowest BCUT2D eigenvalue weighted by atomic mass is 9.98. The Morgan fingerprint density at radius 3 is 2.62 bits per heavy atom. The van der Waals surface area contributed by atoms with E-state index in [0.29, 0.717) is 5.76 Å². The van der Waals surface area contributed by atoms with Crippen LogP contribution in [-0.4, -0.2) is 22.8 Å². The zero-order valence-electron chi connectivity index (χ0n) is 13.5. The van der Waals surface area contributed by atoms with E-state index in [-0.39, 0.29) is 6.61 Å². The fourth-order valence-electron chi connectivity index (χ4n) is 3.32. The second kappa shape index (κ2) is 6.06. The number of rotatable bonds is 3. The Hall–Kier alpha value is -2.72. The van der Waals surface area contributed by atoms with E-state index in [1.54, 1.807) is 12.4 Å². The van der Waals surface area contributed by atoms with Crippen molar-refractivity contribution in [1.29, 1.82) is 0 Å². The molecule has 0 saturated carbocycles. The topological polar surface area (TPSA) is 58.6 Å². The number of furan rings is 1. The van der Waals surface area contributed by atoms with E-state index < -0.39 is 0 Å². The summed E-state index contributed by atoms with van der Waals surface area (Å²) >= 11 is 0. The molecule has 3 aromatic rings. The Labute approximate surface area is 140 Å². The maximum atomic E-state index is 9.47. The fourth-order valence-corrected chi connectivity index (χ4v) is 3.32. The summed E-state index contributed by atoms with van der Waals surface area (Å²) in [5, 5.41) is 9.47. The maximum Gasteiger partial charge on any atom is 0.142 e. The van der Waals surface area contributed by atoms with Crippen molar-refractivity contribution in [1.82, 2.24) is 4.98 Å². The molecule has 120 valence electrons. The van der Waals surface area contributed by atoms with Crippen molar-refractivity contribution in [3.63, 3.8) is 0 Å². The highest BCUT2D eigenvalue weighted by molar-refractivity contribution is 6.05. The molecule has 2 heterocycles. The van der Waals surface area contributed by atoms with Crippen LogP contribution in [0.4, 0.5) is 0 Å². The summed E-state index contributed by atoms with van der Waals surface area (Å²) in [5.41, 5.74) is 6.79. The number of nitrogens with zero attached hydrogens (tertiary/aromatic N) is 2. The lowest BCUT2D eigenvalue weighted by Gasteiger charge is -2.06. The van der Waals surface area contributed by atoms with Gasteiger partial charge in [0.2, 0.25) is 0 Å². The van der Waals surface area contributed by atoms with Crippen molar-refractivity contribution in [3.05, 3.63) is 65.7 Å². The van der Waals surface area contributed by atoms with Gasteiger partial charge in [-0.1, -0.05) is 18.2 Å². The number of aliphatic hydroxyl groups excluding tert-OH is 1. The molecular formula is C20H18N2O2. The van der Waals surface area contributed by atoms with Gasteiger partial charge in [0.1, 0.15) is 18.1 Å². The molecule has 0 radical (unpaired) electrons. The van der Waals surface area contributed by atoms with E-state index in [9.17, 15) is 5.11 Å². The van der Waals surface area contributed by atoms with Gasteiger partial charge < -0.3 is 9.52 Å². The number of aliphatic hydroxyl groups is 1. The average Bonchev–Trinajstić information content (AvgIpc) is 3.25. The maximum absolute atomic E-state index is 9.47. The number of aromatic nitrogens is 1. The summed E-state index contributed by atoms with van der Waals surface area (Å²) in [7, 11) is 1.85. The second-order valence-electron chi connectivity index (χ2n) is 5.89. The molecule has 0 unspecified atom stereocenters. The van der Waals surface area contributed by atoms with Crippen molar-refractivity contribution in [2.75, 3.05) is 7.05 Å². The molecule has 24 heavy (non-hydrogen) atoms. The van der Waals surface area contributed by atoms with Gasteiger partial charge in [0.25, 0.3) is 0 Å². The third kappa shape index (κ3) is 2.45. The molecular weight excluding hydrogens is 300 g/mol. The van der Waals surface area contributed by atoms with Crippen LogP contribution in [0.25, 0.3) is 22.5 Å². The largest absolute Gasteiger partial charge is 0.458 e. The van der Waals surface area contributed by atoms with Crippen molar-refractivity contribution in [2.24, 2.45) is 4.99 Å². The van der Waals surface area contributed by atoms with Crippen molar-refractivity contribution < 1.29 is 9.52 Å². The zero-order valence-corrected chi connectivity index (χ0v) is 13.5. The SMILES string of the molecule is CN=C1CCc2cc(-c3cc(CO)oc3-c3ccncc3)ccc21. The third-order valence-corrected chi connectivity index (χ3v) is 4.51. The quantitative estimate of drug-likeness (QED) is 0.797. The Morgan fingerprint density at radius 1 is 1.04 bits per heavy atom. The predicted octanol–water partition coefficient (Wildman–Crippen LogP) is 3.87. The Balaban J connectivity index is 1.84. The van der Waals surface area contributed by atoms with E-state index in [0.717, 1.165) is 35.3 Å². The van der Waals surface area contributed by atoms with Crippen molar-refractivity contribution in [2.45, 2.75) is 19.4 Å². The molecule has 0 saturated heterocycles. The highest BCUT2D eigenvalue weighted by Gasteiger charge is 2.20. The van der Waals surface area contributed by atoms with Crippen LogP contribution in [0, 0.1) is 0 Å². The smallest absolute Gasteiger partial charge is 0.142 e. The molecule has 0 aliphatic heterocycles. The van der Waals surface area contributed by atoms with Gasteiger partial charge in [-0.2, -0.15) is 0 Å². The molecule has 4 heteroatoms. The normalized spacial score (nSPS) is 15.0. The lowest BCUT2D eigenvalue weighted by molar-refractivity contribution is 0.248. The predicted molar refractivity (Wildman–Crippen MR) is 94.1 cm³/mol. The van der Waals surface area contributed by atoms with E-state index in [2.05, 4.69) is 28.2 Å². The highest BCUT2D eigenvalue weighted by atomic mass is 16.4. The molecule has 0 bridgehead atoms. The van der Waals surface area contributed by atoms with Crippen molar-refractivity contribution in [3.8, 4) is 22.5 Å². The number of pyridine rings is 1. The molecule has 0 spiro atoms. The second-order valence-corrected chi connectivity index (χ2v) is 5.89. The number of benzene rings is 1. The van der Waals surface area contributed by atoms with Gasteiger partial charge >= 0.3 is 0 Å². The van der Waals surface area contributed by atoms with Crippen LogP contribution in [0.15, 0.2) is 58.2 Å². The van der Waals surface area contributed by atoms with E-state index in [1.807, 2.05) is 25.2 Å². The zero-order chi connectivity index (χ0) is 16.5. The standard InChI is InChI=1S/C20H18N2O2/c1-21-19-5-3-14-10-15(2-4-17(14)19)18-11-16(12-23)24-20(18)13-6-8-22-9-7-13/h2,4,6-11,23H,3,5,12H2,1H3. The molecule has 0 fully saturated rings. The monoisotopic (exact) mass is 318 g/mol. The van der Waals surface area contributed by atoms with Gasteiger partial charge in [-0.25, -0.2) is 0 Å². The van der Waals surface area contributed by atoms with Crippen LogP contribution >= 0.6 is 0 Å². The molecule has 1 aromatic carbocycles. The summed E-state index contributed by atoms with van der Waals surface area (Å²) in [5.74, 6) is 1.33. The Morgan fingerprint density at radius 2 is 1.88 bits per heavy atom. The minimum Gasteiger partial charge on any atom is -0.458 e. The van der Waals surface area contributed by atoms with Crippen LogP contribution in [0.3, 0.4) is 0 Å². The van der Waals surface area contributed by atoms with E-state index >= 15 is 0 Å². The summed E-state index contributed by atoms with van der Waals surface area (Å²) in [6.45, 7) is -0.115. The summed E-state index contributed by atoms with van der Waals surface area (Å²) < 4.78 is 5.86. The van der Waals surface area contributed by atoms with Crippen LogP contribution in [0.2, 0.25) is 0 Å². The summed E-state index contributed by atoms with van der Waals surface area (Å²) in [4.78, 5) is 8.43. The summed E-state index contributed by atoms with van der Waals surface area (Å²) in [6, 6.07) is 12.2. The van der Waals surface area contributed by atoms with Crippen LogP contribution in [0.1, 0.15) is 23.3 Å². The minimum atomic E-state index is -0.115. The average molecular weight is 318 g/mol. The molecule has 1 N–H and O–H groups in total. The van der Waals surface area contributed by atoms with Crippen LogP contribution in [-0.2, 0) is 13.0 Å². The minimum absolute atomic E-state index is 0.115. The van der Waals surface area contributed by atoms with E-state index in [4.69, 9.17) is 4.42 Å². The molecule has 2 aromatic heterocycles. The first kappa shape index (κ1) is 14.8. The summed E-state index contributed by atoms with van der Waals surface area (Å²) in [6.07, 6.45) is 5.50. The van der Waals surface area contributed by atoms with Gasteiger partial charge in [0.05, 0.1) is 0 Å². The number of fused-ring (bicyclic) bond motifs is 1. The lowest BCUT2D eigenvalue weighted by Crippen LogP contribution is -1.93. The Kier molecular flexibility index (Phi) is 3.75. The van der Waals surface area contributed by atoms with E-state index in [1.165, 1.54) is 16.8 Å². The number of aryl methyl sites for hydroxylation is 1. The number of hydrogen-bond donors (Lipinski definition) is 1. The fraction of sp³-hybridized carbons (Fsp3) is 0.200. The first-order valence-corrected chi connectivity index (χ1v) is 8.03. The third-order valence-electron chi connectivity index (χ3n) is 4.51. The molecule has 0 amide bonds. The first-order valence-electron chi connectivity index (χ1n) is 8.03. The van der Waals surface area contributed by atoms with Gasteiger partial charge in [0.15, 0.2) is 0 Å². The van der Waals surface area contributed by atoms with Gasteiger partial charge in [-0.3, -0.25) is 9.98 Å². The number of hydrogen-bond acceptors (Lipinski definition) is 4. The molecule has 1 aliphatic carbocycles. The molecule has 4 rings (SSSR count).